The molecule has 0 spiro atoms. The standard InChI is InChI=1S/C27H30N4O5/c1-4-33-25(32)14-11-21-16-31(30-27(21)34-5-2)17-22-12-13-23(15-28-22)35-18-24-19(3)36-26(29-24)20-9-7-6-8-10-20/h6-10,12-13,15-16H,4-5,11,14,17-18H2,1-3H3. The molecule has 0 amide bonds. The van der Waals surface area contributed by atoms with E-state index in [4.69, 9.17) is 18.6 Å². The minimum absolute atomic E-state index is 0.234. The Hall–Kier alpha value is -4.14. The van der Waals surface area contributed by atoms with E-state index in [0.29, 0.717) is 43.7 Å². The summed E-state index contributed by atoms with van der Waals surface area (Å²) in [5.74, 6) is 2.23. The van der Waals surface area contributed by atoms with Gasteiger partial charge < -0.3 is 18.6 Å². The van der Waals surface area contributed by atoms with Crippen LogP contribution in [0, 0.1) is 6.92 Å². The van der Waals surface area contributed by atoms with Gasteiger partial charge in [0, 0.05) is 23.7 Å². The third-order valence-electron chi connectivity index (χ3n) is 5.39. The Morgan fingerprint density at radius 3 is 2.61 bits per heavy atom. The Bertz CT molecular complexity index is 1270. The van der Waals surface area contributed by atoms with Crippen molar-refractivity contribution >= 4 is 5.97 Å². The molecule has 0 saturated heterocycles. The Balaban J connectivity index is 1.35. The number of carbonyl (C=O) groups excluding carboxylic acids is 1. The average molecular weight is 491 g/mol. The lowest BCUT2D eigenvalue weighted by Gasteiger charge is -2.06. The fourth-order valence-corrected chi connectivity index (χ4v) is 3.60. The second-order valence-electron chi connectivity index (χ2n) is 8.06. The molecule has 0 saturated carbocycles. The maximum atomic E-state index is 11.7. The molecule has 0 bridgehead atoms. The first-order valence-electron chi connectivity index (χ1n) is 12.0. The van der Waals surface area contributed by atoms with E-state index in [9.17, 15) is 4.79 Å². The Labute approximate surface area is 210 Å². The van der Waals surface area contributed by atoms with Gasteiger partial charge in [-0.1, -0.05) is 18.2 Å². The van der Waals surface area contributed by atoms with E-state index in [0.717, 1.165) is 28.3 Å². The fraction of sp³-hybridized carbons (Fsp3) is 0.333. The van der Waals surface area contributed by atoms with Crippen LogP contribution < -0.4 is 9.47 Å². The quantitative estimate of drug-likeness (QED) is 0.262. The minimum Gasteiger partial charge on any atom is -0.486 e. The number of carbonyl (C=O) groups is 1. The lowest BCUT2D eigenvalue weighted by molar-refractivity contribution is -0.143. The minimum atomic E-state index is -0.234. The second-order valence-corrected chi connectivity index (χ2v) is 8.06. The number of oxazole rings is 1. The van der Waals surface area contributed by atoms with Crippen LogP contribution in [0.3, 0.4) is 0 Å². The summed E-state index contributed by atoms with van der Waals surface area (Å²) in [6.45, 7) is 7.17. The van der Waals surface area contributed by atoms with Crippen molar-refractivity contribution in [1.29, 1.82) is 0 Å². The molecular weight excluding hydrogens is 460 g/mol. The average Bonchev–Trinajstić information content (AvgIpc) is 3.45. The highest BCUT2D eigenvalue weighted by molar-refractivity contribution is 5.69. The number of rotatable bonds is 12. The topological polar surface area (TPSA) is 102 Å². The summed E-state index contributed by atoms with van der Waals surface area (Å²) in [7, 11) is 0. The summed E-state index contributed by atoms with van der Waals surface area (Å²) < 4.78 is 24.1. The van der Waals surface area contributed by atoms with Crippen LogP contribution in [-0.2, 0) is 29.1 Å². The van der Waals surface area contributed by atoms with Crippen molar-refractivity contribution in [2.24, 2.45) is 0 Å². The SMILES string of the molecule is CCOC(=O)CCc1cn(Cc2ccc(OCc3nc(-c4ccccc4)oc3C)cn2)nc1OCC. The molecule has 0 fully saturated rings. The molecule has 36 heavy (non-hydrogen) atoms. The maximum absolute atomic E-state index is 11.7. The largest absolute Gasteiger partial charge is 0.486 e. The normalized spacial score (nSPS) is 10.9. The van der Waals surface area contributed by atoms with Gasteiger partial charge in [-0.2, -0.15) is 0 Å². The number of hydrogen-bond donors (Lipinski definition) is 0. The van der Waals surface area contributed by atoms with Gasteiger partial charge in [0.05, 0.1) is 31.6 Å². The van der Waals surface area contributed by atoms with Gasteiger partial charge >= 0.3 is 5.97 Å². The Morgan fingerprint density at radius 2 is 1.89 bits per heavy atom. The number of aromatic nitrogens is 4. The molecule has 0 aliphatic heterocycles. The molecule has 4 rings (SSSR count). The zero-order valence-electron chi connectivity index (χ0n) is 20.8. The van der Waals surface area contributed by atoms with E-state index in [1.54, 1.807) is 17.8 Å². The van der Waals surface area contributed by atoms with Gasteiger partial charge in [-0.05, 0) is 51.5 Å². The van der Waals surface area contributed by atoms with Crippen LogP contribution in [0.25, 0.3) is 11.5 Å². The van der Waals surface area contributed by atoms with E-state index in [2.05, 4.69) is 15.1 Å². The zero-order valence-corrected chi connectivity index (χ0v) is 20.8. The number of hydrogen-bond acceptors (Lipinski definition) is 8. The van der Waals surface area contributed by atoms with Gasteiger partial charge in [-0.25, -0.2) is 4.98 Å². The first-order valence-corrected chi connectivity index (χ1v) is 12.0. The van der Waals surface area contributed by atoms with Crippen molar-refractivity contribution in [3.63, 3.8) is 0 Å². The molecule has 4 aromatic rings. The van der Waals surface area contributed by atoms with Crippen LogP contribution >= 0.6 is 0 Å². The third-order valence-corrected chi connectivity index (χ3v) is 5.39. The number of aryl methyl sites for hydroxylation is 2. The summed E-state index contributed by atoms with van der Waals surface area (Å²) in [4.78, 5) is 20.8. The predicted molar refractivity (Wildman–Crippen MR) is 133 cm³/mol. The first kappa shape index (κ1) is 25.0. The molecule has 9 nitrogen and oxygen atoms in total. The molecule has 1 aromatic carbocycles. The number of benzene rings is 1. The number of esters is 1. The van der Waals surface area contributed by atoms with E-state index < -0.39 is 0 Å². The molecular formula is C27H30N4O5. The van der Waals surface area contributed by atoms with Crippen LogP contribution in [0.4, 0.5) is 0 Å². The first-order chi connectivity index (χ1) is 17.6. The van der Waals surface area contributed by atoms with Gasteiger partial charge in [-0.3, -0.25) is 14.5 Å². The summed E-state index contributed by atoms with van der Waals surface area (Å²) in [5.41, 5.74) is 3.35. The van der Waals surface area contributed by atoms with Gasteiger partial charge in [0.25, 0.3) is 0 Å². The van der Waals surface area contributed by atoms with Crippen LogP contribution in [0.15, 0.2) is 59.3 Å². The lowest BCUT2D eigenvalue weighted by atomic mass is 10.2. The van der Waals surface area contributed by atoms with Gasteiger partial charge in [0.2, 0.25) is 11.8 Å². The van der Waals surface area contributed by atoms with E-state index in [-0.39, 0.29) is 19.0 Å². The molecule has 3 aromatic heterocycles. The Kier molecular flexibility index (Phi) is 8.33. The van der Waals surface area contributed by atoms with E-state index >= 15 is 0 Å². The van der Waals surface area contributed by atoms with Gasteiger partial charge in [-0.15, -0.1) is 5.10 Å². The predicted octanol–water partition coefficient (Wildman–Crippen LogP) is 4.76. The smallest absolute Gasteiger partial charge is 0.306 e. The van der Waals surface area contributed by atoms with Gasteiger partial charge in [0.1, 0.15) is 23.8 Å². The van der Waals surface area contributed by atoms with E-state index in [1.807, 2.05) is 62.5 Å². The van der Waals surface area contributed by atoms with Crippen molar-refractivity contribution in [2.45, 2.75) is 46.8 Å². The molecule has 3 heterocycles. The van der Waals surface area contributed by atoms with Crippen molar-refractivity contribution in [1.82, 2.24) is 19.7 Å². The number of nitrogens with zero attached hydrogens (tertiary/aromatic N) is 4. The summed E-state index contributed by atoms with van der Waals surface area (Å²) in [6, 6.07) is 13.5. The highest BCUT2D eigenvalue weighted by atomic mass is 16.5. The van der Waals surface area contributed by atoms with E-state index in [1.165, 1.54) is 0 Å². The van der Waals surface area contributed by atoms with Crippen LogP contribution in [0.1, 0.15) is 43.0 Å². The molecule has 0 radical (unpaired) electrons. The molecule has 188 valence electrons. The van der Waals surface area contributed by atoms with Crippen molar-refractivity contribution in [3.8, 4) is 23.1 Å². The second kappa shape index (κ2) is 12.0. The van der Waals surface area contributed by atoms with Gasteiger partial charge in [0.15, 0.2) is 0 Å². The van der Waals surface area contributed by atoms with Crippen LogP contribution in [0.5, 0.6) is 11.6 Å². The number of pyridine rings is 1. The highest BCUT2D eigenvalue weighted by Crippen LogP contribution is 2.23. The molecule has 0 N–H and O–H groups in total. The maximum Gasteiger partial charge on any atom is 0.306 e. The Morgan fingerprint density at radius 1 is 1.06 bits per heavy atom. The fourth-order valence-electron chi connectivity index (χ4n) is 3.60. The van der Waals surface area contributed by atoms with Crippen molar-refractivity contribution in [3.05, 3.63) is 77.6 Å². The monoisotopic (exact) mass is 490 g/mol. The molecule has 0 aliphatic carbocycles. The molecule has 0 aliphatic rings. The molecule has 0 atom stereocenters. The van der Waals surface area contributed by atoms with Crippen LogP contribution in [-0.4, -0.2) is 38.9 Å². The summed E-state index contributed by atoms with van der Waals surface area (Å²) in [6.07, 6.45) is 4.34. The van der Waals surface area contributed by atoms with Crippen molar-refractivity contribution < 1.29 is 23.4 Å². The highest BCUT2D eigenvalue weighted by Gasteiger charge is 2.14. The lowest BCUT2D eigenvalue weighted by Crippen LogP contribution is -2.05. The number of ether oxygens (including phenoxy) is 3. The summed E-state index contributed by atoms with van der Waals surface area (Å²) in [5, 5.41) is 4.51. The summed E-state index contributed by atoms with van der Waals surface area (Å²) >= 11 is 0. The van der Waals surface area contributed by atoms with Crippen LogP contribution in [0.2, 0.25) is 0 Å². The third kappa shape index (κ3) is 6.50. The zero-order chi connectivity index (χ0) is 25.3. The van der Waals surface area contributed by atoms with Crippen molar-refractivity contribution in [2.75, 3.05) is 13.2 Å². The molecule has 0 unspecified atom stereocenters. The molecule has 9 heteroatoms.